The van der Waals surface area contributed by atoms with Gasteiger partial charge in [-0.1, -0.05) is 0 Å². The highest BCUT2D eigenvalue weighted by atomic mass is 32.1. The third kappa shape index (κ3) is 3.59. The SMILES string of the molecule is O=C(Cc1csc(N2CCCC2=O)n1)NCC1CCOC1. The molecule has 0 spiro atoms. The minimum Gasteiger partial charge on any atom is -0.381 e. The van der Waals surface area contributed by atoms with Crippen LogP contribution >= 0.6 is 11.3 Å². The normalized spacial score (nSPS) is 22.0. The first-order valence-electron chi connectivity index (χ1n) is 7.31. The van der Waals surface area contributed by atoms with Crippen molar-refractivity contribution in [1.29, 1.82) is 0 Å². The number of thiazole rings is 1. The highest BCUT2D eigenvalue weighted by Gasteiger charge is 2.24. The van der Waals surface area contributed by atoms with Crippen molar-refractivity contribution in [2.75, 3.05) is 31.2 Å². The van der Waals surface area contributed by atoms with E-state index in [0.29, 0.717) is 24.0 Å². The van der Waals surface area contributed by atoms with Crippen LogP contribution in [0.15, 0.2) is 5.38 Å². The van der Waals surface area contributed by atoms with Crippen molar-refractivity contribution in [3.8, 4) is 0 Å². The lowest BCUT2D eigenvalue weighted by atomic mass is 10.1. The molecular weight excluding hydrogens is 290 g/mol. The van der Waals surface area contributed by atoms with Crippen LogP contribution in [0.3, 0.4) is 0 Å². The fourth-order valence-corrected chi connectivity index (χ4v) is 3.45. The molecule has 1 unspecified atom stereocenters. The Morgan fingerprint density at radius 3 is 3.19 bits per heavy atom. The lowest BCUT2D eigenvalue weighted by molar-refractivity contribution is -0.120. The Labute approximate surface area is 127 Å². The number of carbonyl (C=O) groups excluding carboxylic acids is 2. The van der Waals surface area contributed by atoms with Crippen molar-refractivity contribution >= 4 is 28.3 Å². The second-order valence-corrected chi connectivity index (χ2v) is 6.32. The van der Waals surface area contributed by atoms with E-state index in [1.54, 1.807) is 4.90 Å². The first kappa shape index (κ1) is 14.5. The molecule has 2 saturated heterocycles. The minimum atomic E-state index is -0.0218. The van der Waals surface area contributed by atoms with Crippen LogP contribution < -0.4 is 10.2 Å². The van der Waals surface area contributed by atoms with E-state index in [9.17, 15) is 9.59 Å². The third-order valence-corrected chi connectivity index (χ3v) is 4.71. The van der Waals surface area contributed by atoms with Crippen LogP contribution in [-0.2, 0) is 20.7 Å². The van der Waals surface area contributed by atoms with Gasteiger partial charge in [0.1, 0.15) is 0 Å². The van der Waals surface area contributed by atoms with Gasteiger partial charge in [0.05, 0.1) is 18.7 Å². The molecule has 1 N–H and O–H groups in total. The van der Waals surface area contributed by atoms with Gasteiger partial charge >= 0.3 is 0 Å². The number of amides is 2. The molecule has 2 aliphatic rings. The van der Waals surface area contributed by atoms with Crippen molar-refractivity contribution in [2.24, 2.45) is 5.92 Å². The summed E-state index contributed by atoms with van der Waals surface area (Å²) in [5.41, 5.74) is 0.731. The van der Waals surface area contributed by atoms with Crippen molar-refractivity contribution in [2.45, 2.75) is 25.7 Å². The first-order valence-corrected chi connectivity index (χ1v) is 8.19. The zero-order chi connectivity index (χ0) is 14.7. The second kappa shape index (κ2) is 6.53. The van der Waals surface area contributed by atoms with Gasteiger partial charge in [0.15, 0.2) is 5.13 Å². The molecule has 1 aromatic rings. The molecular formula is C14H19N3O3S. The zero-order valence-corrected chi connectivity index (χ0v) is 12.7. The molecule has 2 amide bonds. The van der Waals surface area contributed by atoms with Gasteiger partial charge in [0.25, 0.3) is 0 Å². The summed E-state index contributed by atoms with van der Waals surface area (Å²) >= 11 is 1.43. The van der Waals surface area contributed by atoms with Crippen LogP contribution in [0.2, 0.25) is 0 Å². The van der Waals surface area contributed by atoms with E-state index in [4.69, 9.17) is 4.74 Å². The second-order valence-electron chi connectivity index (χ2n) is 5.48. The molecule has 21 heavy (non-hydrogen) atoms. The number of carbonyl (C=O) groups is 2. The Balaban J connectivity index is 1.49. The predicted octanol–water partition coefficient (Wildman–Crippen LogP) is 0.965. The number of nitrogens with zero attached hydrogens (tertiary/aromatic N) is 2. The summed E-state index contributed by atoms with van der Waals surface area (Å²) in [6, 6.07) is 0. The molecule has 1 atom stereocenters. The lowest BCUT2D eigenvalue weighted by Crippen LogP contribution is -2.30. The Morgan fingerprint density at radius 1 is 1.57 bits per heavy atom. The molecule has 1 aromatic heterocycles. The average Bonchev–Trinajstić information content (AvgIpc) is 3.17. The zero-order valence-electron chi connectivity index (χ0n) is 11.8. The van der Waals surface area contributed by atoms with Crippen LogP contribution in [0.25, 0.3) is 0 Å². The van der Waals surface area contributed by atoms with Gasteiger partial charge < -0.3 is 10.1 Å². The summed E-state index contributed by atoms with van der Waals surface area (Å²) in [5.74, 6) is 0.537. The number of hydrogen-bond donors (Lipinski definition) is 1. The Morgan fingerprint density at radius 2 is 2.48 bits per heavy atom. The standard InChI is InChI=1S/C14H19N3O3S/c18-12(15-7-10-3-5-20-8-10)6-11-9-21-14(16-11)17-4-1-2-13(17)19/h9-10H,1-8H2,(H,15,18). The number of ether oxygens (including phenoxy) is 1. The van der Waals surface area contributed by atoms with E-state index in [2.05, 4.69) is 10.3 Å². The largest absolute Gasteiger partial charge is 0.381 e. The summed E-state index contributed by atoms with van der Waals surface area (Å²) in [7, 11) is 0. The van der Waals surface area contributed by atoms with E-state index in [1.165, 1.54) is 11.3 Å². The van der Waals surface area contributed by atoms with E-state index in [-0.39, 0.29) is 18.2 Å². The molecule has 3 rings (SSSR count). The van der Waals surface area contributed by atoms with Gasteiger partial charge in [-0.15, -0.1) is 11.3 Å². The molecule has 0 aliphatic carbocycles. The van der Waals surface area contributed by atoms with Crippen LogP contribution in [0.1, 0.15) is 25.0 Å². The smallest absolute Gasteiger partial charge is 0.228 e. The third-order valence-electron chi connectivity index (χ3n) is 3.80. The van der Waals surface area contributed by atoms with Gasteiger partial charge in [-0.3, -0.25) is 14.5 Å². The van der Waals surface area contributed by atoms with Crippen LogP contribution in [0, 0.1) is 5.92 Å². The quantitative estimate of drug-likeness (QED) is 0.879. The van der Waals surface area contributed by atoms with Gasteiger partial charge in [-0.05, 0) is 12.8 Å². The molecule has 0 aromatic carbocycles. The maximum atomic E-state index is 11.9. The van der Waals surface area contributed by atoms with E-state index in [1.807, 2.05) is 5.38 Å². The summed E-state index contributed by atoms with van der Waals surface area (Å²) in [6.45, 7) is 2.93. The summed E-state index contributed by atoms with van der Waals surface area (Å²) in [5, 5.41) is 5.50. The minimum absolute atomic E-state index is 0.0218. The maximum Gasteiger partial charge on any atom is 0.228 e. The molecule has 114 valence electrons. The predicted molar refractivity (Wildman–Crippen MR) is 79.3 cm³/mol. The molecule has 0 radical (unpaired) electrons. The van der Waals surface area contributed by atoms with Crippen molar-refractivity contribution in [1.82, 2.24) is 10.3 Å². The van der Waals surface area contributed by atoms with Crippen LogP contribution in [0.4, 0.5) is 5.13 Å². The summed E-state index contributed by atoms with van der Waals surface area (Å²) in [6.07, 6.45) is 2.76. The van der Waals surface area contributed by atoms with Crippen molar-refractivity contribution < 1.29 is 14.3 Å². The van der Waals surface area contributed by atoms with E-state index in [0.717, 1.165) is 38.3 Å². The highest BCUT2D eigenvalue weighted by Crippen LogP contribution is 2.25. The monoisotopic (exact) mass is 309 g/mol. The molecule has 0 saturated carbocycles. The average molecular weight is 309 g/mol. The highest BCUT2D eigenvalue weighted by molar-refractivity contribution is 7.14. The number of hydrogen-bond acceptors (Lipinski definition) is 5. The van der Waals surface area contributed by atoms with E-state index >= 15 is 0 Å². The molecule has 6 nitrogen and oxygen atoms in total. The van der Waals surface area contributed by atoms with Crippen LogP contribution in [0.5, 0.6) is 0 Å². The number of nitrogens with one attached hydrogen (secondary N) is 1. The first-order chi connectivity index (χ1) is 10.2. The van der Waals surface area contributed by atoms with Gasteiger partial charge in [-0.2, -0.15) is 0 Å². The van der Waals surface area contributed by atoms with Crippen LogP contribution in [-0.4, -0.2) is 43.1 Å². The van der Waals surface area contributed by atoms with Gasteiger partial charge in [-0.25, -0.2) is 4.98 Å². The summed E-state index contributed by atoms with van der Waals surface area (Å²) < 4.78 is 5.28. The summed E-state index contributed by atoms with van der Waals surface area (Å²) in [4.78, 5) is 29.7. The van der Waals surface area contributed by atoms with Crippen molar-refractivity contribution in [3.05, 3.63) is 11.1 Å². The van der Waals surface area contributed by atoms with E-state index < -0.39 is 0 Å². The van der Waals surface area contributed by atoms with Gasteiger partial charge in [0.2, 0.25) is 11.8 Å². The Bertz CT molecular complexity index is 525. The number of anilines is 1. The molecule has 0 bridgehead atoms. The number of rotatable bonds is 5. The lowest BCUT2D eigenvalue weighted by Gasteiger charge is -2.10. The fraction of sp³-hybridized carbons (Fsp3) is 0.643. The topological polar surface area (TPSA) is 71.5 Å². The Hall–Kier alpha value is -1.47. The maximum absolute atomic E-state index is 11.9. The Kier molecular flexibility index (Phi) is 4.50. The molecule has 7 heteroatoms. The molecule has 3 heterocycles. The fourth-order valence-electron chi connectivity index (χ4n) is 2.58. The van der Waals surface area contributed by atoms with Gasteiger partial charge in [0, 0.05) is 37.4 Å². The molecule has 2 fully saturated rings. The number of aromatic nitrogens is 1. The van der Waals surface area contributed by atoms with Crippen molar-refractivity contribution in [3.63, 3.8) is 0 Å². The molecule has 2 aliphatic heterocycles.